The quantitative estimate of drug-likeness (QED) is 0.862. The van der Waals surface area contributed by atoms with Gasteiger partial charge in [0.1, 0.15) is 6.04 Å². The van der Waals surface area contributed by atoms with Crippen LogP contribution in [0.4, 0.5) is 5.69 Å². The van der Waals surface area contributed by atoms with Crippen molar-refractivity contribution >= 4 is 39.1 Å². The SMILES string of the molecule is COc1c(Br)cc(Cl)cc1NC(=O)C(N)c1ccccc1. The summed E-state index contributed by atoms with van der Waals surface area (Å²) in [6.45, 7) is 0. The summed E-state index contributed by atoms with van der Waals surface area (Å²) in [5.74, 6) is 0.154. The molecule has 0 aliphatic heterocycles. The number of carbonyl (C=O) groups excluding carboxylic acids is 1. The van der Waals surface area contributed by atoms with E-state index in [0.29, 0.717) is 20.9 Å². The second-order valence-electron chi connectivity index (χ2n) is 4.35. The number of ether oxygens (including phenoxy) is 1. The van der Waals surface area contributed by atoms with Gasteiger partial charge in [0.25, 0.3) is 0 Å². The van der Waals surface area contributed by atoms with Crippen molar-refractivity contribution in [2.24, 2.45) is 5.73 Å². The summed E-state index contributed by atoms with van der Waals surface area (Å²) in [6, 6.07) is 11.7. The van der Waals surface area contributed by atoms with Crippen molar-refractivity contribution in [1.82, 2.24) is 0 Å². The van der Waals surface area contributed by atoms with Crippen molar-refractivity contribution in [3.8, 4) is 5.75 Å². The first-order valence-corrected chi connectivity index (χ1v) is 7.34. The minimum atomic E-state index is -0.770. The van der Waals surface area contributed by atoms with E-state index in [0.717, 1.165) is 5.56 Å². The number of nitrogens with one attached hydrogen (secondary N) is 1. The average Bonchev–Trinajstić information content (AvgIpc) is 2.47. The Morgan fingerprint density at radius 2 is 2.00 bits per heavy atom. The molecule has 1 atom stereocenters. The highest BCUT2D eigenvalue weighted by molar-refractivity contribution is 9.10. The van der Waals surface area contributed by atoms with Gasteiger partial charge in [-0.2, -0.15) is 0 Å². The molecule has 1 amide bonds. The van der Waals surface area contributed by atoms with E-state index in [1.807, 2.05) is 18.2 Å². The van der Waals surface area contributed by atoms with Crippen molar-refractivity contribution in [2.75, 3.05) is 12.4 Å². The lowest BCUT2D eigenvalue weighted by atomic mass is 10.1. The van der Waals surface area contributed by atoms with Crippen LogP contribution in [-0.4, -0.2) is 13.0 Å². The molecule has 6 heteroatoms. The molecule has 3 N–H and O–H groups in total. The number of anilines is 1. The van der Waals surface area contributed by atoms with Crippen LogP contribution in [0.5, 0.6) is 5.75 Å². The Hall–Kier alpha value is -1.56. The van der Waals surface area contributed by atoms with Gasteiger partial charge in [0.2, 0.25) is 5.91 Å². The maximum Gasteiger partial charge on any atom is 0.245 e. The van der Waals surface area contributed by atoms with Gasteiger partial charge in [0.15, 0.2) is 5.75 Å². The summed E-state index contributed by atoms with van der Waals surface area (Å²) >= 11 is 9.33. The first kappa shape index (κ1) is 15.8. The molecule has 0 aliphatic rings. The van der Waals surface area contributed by atoms with E-state index in [4.69, 9.17) is 22.1 Å². The predicted molar refractivity (Wildman–Crippen MR) is 87.7 cm³/mol. The fourth-order valence-corrected chi connectivity index (χ4v) is 2.85. The van der Waals surface area contributed by atoms with Crippen LogP contribution < -0.4 is 15.8 Å². The van der Waals surface area contributed by atoms with Gasteiger partial charge < -0.3 is 15.8 Å². The van der Waals surface area contributed by atoms with Gasteiger partial charge in [-0.25, -0.2) is 0 Å². The van der Waals surface area contributed by atoms with Gasteiger partial charge in [-0.1, -0.05) is 41.9 Å². The van der Waals surface area contributed by atoms with Crippen molar-refractivity contribution < 1.29 is 9.53 Å². The Kier molecular flexibility index (Phi) is 5.22. The Bertz CT molecular complexity index is 650. The fraction of sp³-hybridized carbons (Fsp3) is 0.133. The highest BCUT2D eigenvalue weighted by atomic mass is 79.9. The van der Waals surface area contributed by atoms with E-state index < -0.39 is 6.04 Å². The lowest BCUT2D eigenvalue weighted by Gasteiger charge is -2.16. The van der Waals surface area contributed by atoms with E-state index >= 15 is 0 Å². The molecule has 0 aliphatic carbocycles. The van der Waals surface area contributed by atoms with Gasteiger partial charge in [-0.05, 0) is 33.6 Å². The lowest BCUT2D eigenvalue weighted by Crippen LogP contribution is -2.27. The van der Waals surface area contributed by atoms with Gasteiger partial charge in [-0.3, -0.25) is 4.79 Å². The third-order valence-electron chi connectivity index (χ3n) is 2.91. The molecule has 0 radical (unpaired) electrons. The molecular formula is C15H14BrClN2O2. The smallest absolute Gasteiger partial charge is 0.245 e. The van der Waals surface area contributed by atoms with Crippen LogP contribution in [0.15, 0.2) is 46.9 Å². The largest absolute Gasteiger partial charge is 0.493 e. The van der Waals surface area contributed by atoms with Crippen LogP contribution in [0.3, 0.4) is 0 Å². The van der Waals surface area contributed by atoms with Gasteiger partial charge in [0, 0.05) is 5.02 Å². The summed E-state index contributed by atoms with van der Waals surface area (Å²) in [5.41, 5.74) is 7.15. The molecule has 0 heterocycles. The minimum Gasteiger partial charge on any atom is -0.493 e. The predicted octanol–water partition coefficient (Wildman–Crippen LogP) is 3.75. The molecule has 2 aromatic rings. The Morgan fingerprint density at radius 3 is 2.62 bits per heavy atom. The number of methoxy groups -OCH3 is 1. The molecule has 0 saturated heterocycles. The summed E-state index contributed by atoms with van der Waals surface area (Å²) in [4.78, 5) is 12.3. The number of halogens is 2. The van der Waals surface area contributed by atoms with Crippen molar-refractivity contribution in [2.45, 2.75) is 6.04 Å². The minimum absolute atomic E-state index is 0.339. The van der Waals surface area contributed by atoms with Gasteiger partial charge >= 0.3 is 0 Å². The number of nitrogens with two attached hydrogens (primary N) is 1. The van der Waals surface area contributed by atoms with Crippen LogP contribution in [0.1, 0.15) is 11.6 Å². The number of hydrogen-bond donors (Lipinski definition) is 2. The molecule has 0 bridgehead atoms. The second-order valence-corrected chi connectivity index (χ2v) is 5.64. The Balaban J connectivity index is 2.24. The number of hydrogen-bond acceptors (Lipinski definition) is 3. The summed E-state index contributed by atoms with van der Waals surface area (Å²) in [5, 5.41) is 3.22. The fourth-order valence-electron chi connectivity index (χ4n) is 1.88. The van der Waals surface area contributed by atoms with Crippen molar-refractivity contribution in [3.05, 3.63) is 57.5 Å². The molecule has 0 saturated carbocycles. The van der Waals surface area contributed by atoms with E-state index in [1.54, 1.807) is 24.3 Å². The zero-order valence-electron chi connectivity index (χ0n) is 11.3. The van der Waals surface area contributed by atoms with E-state index in [1.165, 1.54) is 7.11 Å². The molecule has 0 aromatic heterocycles. The molecule has 110 valence electrons. The van der Waals surface area contributed by atoms with E-state index in [-0.39, 0.29) is 5.91 Å². The lowest BCUT2D eigenvalue weighted by molar-refractivity contribution is -0.117. The maximum absolute atomic E-state index is 12.3. The van der Waals surface area contributed by atoms with Crippen LogP contribution in [-0.2, 0) is 4.79 Å². The number of amides is 1. The standard InChI is InChI=1S/C15H14BrClN2O2/c1-21-14-11(16)7-10(17)8-12(14)19-15(20)13(18)9-5-3-2-4-6-9/h2-8,13H,18H2,1H3,(H,19,20). The van der Waals surface area contributed by atoms with Gasteiger partial charge in [-0.15, -0.1) is 0 Å². The third kappa shape index (κ3) is 3.75. The van der Waals surface area contributed by atoms with E-state index in [2.05, 4.69) is 21.2 Å². The summed E-state index contributed by atoms with van der Waals surface area (Å²) in [7, 11) is 1.51. The second kappa shape index (κ2) is 6.93. The molecule has 21 heavy (non-hydrogen) atoms. The van der Waals surface area contributed by atoms with Crippen molar-refractivity contribution in [1.29, 1.82) is 0 Å². The Labute approximate surface area is 136 Å². The number of benzene rings is 2. The highest BCUT2D eigenvalue weighted by Crippen LogP contribution is 2.36. The highest BCUT2D eigenvalue weighted by Gasteiger charge is 2.18. The Morgan fingerprint density at radius 1 is 1.33 bits per heavy atom. The van der Waals surface area contributed by atoms with Crippen molar-refractivity contribution in [3.63, 3.8) is 0 Å². The number of rotatable bonds is 4. The monoisotopic (exact) mass is 368 g/mol. The molecule has 1 unspecified atom stereocenters. The topological polar surface area (TPSA) is 64.3 Å². The summed E-state index contributed by atoms with van der Waals surface area (Å²) < 4.78 is 5.91. The van der Waals surface area contributed by atoms with Gasteiger partial charge in [0.05, 0.1) is 17.3 Å². The molecule has 0 spiro atoms. The number of carbonyl (C=O) groups is 1. The van der Waals surface area contributed by atoms with Crippen LogP contribution in [0.25, 0.3) is 0 Å². The molecule has 2 aromatic carbocycles. The molecule has 4 nitrogen and oxygen atoms in total. The third-order valence-corrected chi connectivity index (χ3v) is 3.72. The van der Waals surface area contributed by atoms with E-state index in [9.17, 15) is 4.79 Å². The zero-order chi connectivity index (χ0) is 15.4. The zero-order valence-corrected chi connectivity index (χ0v) is 13.6. The molecular weight excluding hydrogens is 356 g/mol. The van der Waals surface area contributed by atoms with Crippen LogP contribution in [0, 0.1) is 0 Å². The maximum atomic E-state index is 12.3. The first-order valence-electron chi connectivity index (χ1n) is 6.17. The van der Waals surface area contributed by atoms with Crippen LogP contribution >= 0.6 is 27.5 Å². The molecule has 0 fully saturated rings. The summed E-state index contributed by atoms with van der Waals surface area (Å²) in [6.07, 6.45) is 0. The normalized spacial score (nSPS) is 11.8. The van der Waals surface area contributed by atoms with Crippen LogP contribution in [0.2, 0.25) is 5.02 Å². The first-order chi connectivity index (χ1) is 10.0. The average molecular weight is 370 g/mol. The molecule has 2 rings (SSSR count).